The van der Waals surface area contributed by atoms with E-state index in [1.54, 1.807) is 0 Å². The molecule has 0 N–H and O–H groups in total. The van der Waals surface area contributed by atoms with Gasteiger partial charge in [-0.1, -0.05) is 100 Å². The van der Waals surface area contributed by atoms with Crippen LogP contribution in [0.1, 0.15) is 45.2 Å². The fourth-order valence-corrected chi connectivity index (χ4v) is 7.46. The van der Waals surface area contributed by atoms with Crippen LogP contribution in [-0.2, 0) is 10.8 Å². The third kappa shape index (κ3) is 2.48. The highest BCUT2D eigenvalue weighted by atomic mass is 32.2. The second kappa shape index (κ2) is 6.02. The molecule has 148 valence electrons. The van der Waals surface area contributed by atoms with Crippen molar-refractivity contribution in [3.05, 3.63) is 83.9 Å². The molecule has 1 heteroatoms. The highest BCUT2D eigenvalue weighted by Crippen LogP contribution is 2.52. The summed E-state index contributed by atoms with van der Waals surface area (Å²) in [6, 6.07) is 27.4. The average Bonchev–Trinajstić information content (AvgIpc) is 2.71. The first kappa shape index (κ1) is 18.3. The van der Waals surface area contributed by atoms with E-state index in [4.69, 9.17) is 0 Å². The maximum Gasteiger partial charge on any atom is 0.0239 e. The van der Waals surface area contributed by atoms with Gasteiger partial charge in [-0.15, -0.1) is 0 Å². The Bertz CT molecular complexity index is 1420. The van der Waals surface area contributed by atoms with Gasteiger partial charge in [0.25, 0.3) is 0 Å². The molecule has 0 unspecified atom stereocenters. The molecule has 0 amide bonds. The number of fused-ring (bicyclic) bond motifs is 3. The van der Waals surface area contributed by atoms with Crippen LogP contribution in [0.3, 0.4) is 0 Å². The molecule has 0 aromatic heterocycles. The van der Waals surface area contributed by atoms with Crippen LogP contribution < -0.4 is 0 Å². The second-order valence-corrected chi connectivity index (χ2v) is 11.2. The molecule has 0 fully saturated rings. The lowest BCUT2D eigenvalue weighted by Gasteiger charge is -2.40. The van der Waals surface area contributed by atoms with E-state index in [0.717, 1.165) is 6.42 Å². The first-order chi connectivity index (χ1) is 14.4. The van der Waals surface area contributed by atoms with E-state index in [-0.39, 0.29) is 10.8 Å². The molecule has 6 rings (SSSR count). The monoisotopic (exact) mass is 406 g/mol. The van der Waals surface area contributed by atoms with E-state index in [2.05, 4.69) is 100 Å². The zero-order chi connectivity index (χ0) is 20.7. The van der Waals surface area contributed by atoms with E-state index >= 15 is 0 Å². The van der Waals surface area contributed by atoms with Crippen molar-refractivity contribution in [2.75, 3.05) is 0 Å². The van der Waals surface area contributed by atoms with Crippen LogP contribution >= 0.6 is 11.8 Å². The largest absolute Gasteiger partial charge is 0.0888 e. The average molecular weight is 407 g/mol. The molecule has 5 aromatic carbocycles. The van der Waals surface area contributed by atoms with E-state index in [0.29, 0.717) is 0 Å². The van der Waals surface area contributed by atoms with Gasteiger partial charge in [0.05, 0.1) is 0 Å². The van der Waals surface area contributed by atoms with Crippen LogP contribution in [0.2, 0.25) is 0 Å². The summed E-state index contributed by atoms with van der Waals surface area (Å²) in [4.78, 5) is 2.84. The minimum Gasteiger partial charge on any atom is -0.0888 e. The Morgan fingerprint density at radius 3 is 2.10 bits per heavy atom. The SMILES string of the molecule is CC1(C)CC(C)(C)c2cc3ccc4cccc5ccc(c2Sc2ccccc21)c3c45. The predicted octanol–water partition coefficient (Wildman–Crippen LogP) is 8.69. The molecule has 1 aliphatic heterocycles. The molecule has 5 aromatic rings. The molecular formula is C29H26S. The first-order valence-corrected chi connectivity index (χ1v) is 11.7. The molecule has 0 saturated carbocycles. The second-order valence-electron chi connectivity index (χ2n) is 10.2. The maximum absolute atomic E-state index is 2.49. The fourth-order valence-electron chi connectivity index (χ4n) is 5.92. The minimum atomic E-state index is 0.0871. The van der Waals surface area contributed by atoms with Crippen LogP contribution in [0.5, 0.6) is 0 Å². The van der Waals surface area contributed by atoms with Crippen molar-refractivity contribution >= 4 is 44.1 Å². The fraction of sp³-hybridized carbons (Fsp3) is 0.241. The summed E-state index contributed by atoms with van der Waals surface area (Å²) in [5.74, 6) is 0. The number of hydrogen-bond acceptors (Lipinski definition) is 1. The normalized spacial score (nSPS) is 17.6. The third-order valence-electron chi connectivity index (χ3n) is 7.04. The van der Waals surface area contributed by atoms with Crippen molar-refractivity contribution in [2.24, 2.45) is 0 Å². The Morgan fingerprint density at radius 1 is 0.633 bits per heavy atom. The van der Waals surface area contributed by atoms with Gasteiger partial charge in [-0.3, -0.25) is 0 Å². The number of benzene rings is 5. The molecule has 30 heavy (non-hydrogen) atoms. The summed E-state index contributed by atoms with van der Waals surface area (Å²) in [7, 11) is 0. The standard InChI is InChI=1S/C29H26S/c1-28(2)17-29(3,4)23-16-20-13-12-18-8-7-9-19-14-15-21(26(20)25(18)19)27(23)30-24-11-6-5-10-22(24)28/h5-16H,17H2,1-4H3. The van der Waals surface area contributed by atoms with Crippen molar-refractivity contribution in [1.29, 1.82) is 0 Å². The van der Waals surface area contributed by atoms with Crippen molar-refractivity contribution < 1.29 is 0 Å². The van der Waals surface area contributed by atoms with Gasteiger partial charge in [0.1, 0.15) is 0 Å². The topological polar surface area (TPSA) is 0 Å². The quantitative estimate of drug-likeness (QED) is 0.232. The minimum absolute atomic E-state index is 0.0871. The summed E-state index contributed by atoms with van der Waals surface area (Å²) >= 11 is 1.97. The summed E-state index contributed by atoms with van der Waals surface area (Å²) in [5.41, 5.74) is 3.17. The first-order valence-electron chi connectivity index (χ1n) is 10.8. The molecule has 0 spiro atoms. The number of hydrogen-bond donors (Lipinski definition) is 0. The van der Waals surface area contributed by atoms with Crippen molar-refractivity contribution in [3.63, 3.8) is 0 Å². The molecule has 0 saturated heterocycles. The van der Waals surface area contributed by atoms with Crippen molar-refractivity contribution in [3.8, 4) is 0 Å². The van der Waals surface area contributed by atoms with Gasteiger partial charge in [0.2, 0.25) is 0 Å². The van der Waals surface area contributed by atoms with Crippen LogP contribution in [-0.4, -0.2) is 0 Å². The van der Waals surface area contributed by atoms with Gasteiger partial charge in [0.15, 0.2) is 0 Å². The van der Waals surface area contributed by atoms with Gasteiger partial charge in [0, 0.05) is 9.79 Å². The summed E-state index contributed by atoms with van der Waals surface area (Å²) in [6.45, 7) is 9.67. The van der Waals surface area contributed by atoms with Crippen LogP contribution in [0.15, 0.2) is 82.6 Å². The van der Waals surface area contributed by atoms with Gasteiger partial charge in [-0.25, -0.2) is 0 Å². The lowest BCUT2D eigenvalue weighted by molar-refractivity contribution is 0.340. The number of rotatable bonds is 0. The molecule has 0 nitrogen and oxygen atoms in total. The molecule has 1 aliphatic rings. The van der Waals surface area contributed by atoms with E-state index in [1.807, 2.05) is 11.8 Å². The third-order valence-corrected chi connectivity index (χ3v) is 8.26. The van der Waals surface area contributed by atoms with Crippen molar-refractivity contribution in [1.82, 2.24) is 0 Å². The zero-order valence-corrected chi connectivity index (χ0v) is 18.9. The Hall–Kier alpha value is -2.51. The van der Waals surface area contributed by atoms with Crippen LogP contribution in [0.25, 0.3) is 32.3 Å². The molecule has 1 heterocycles. The lowest BCUT2D eigenvalue weighted by atomic mass is 9.68. The van der Waals surface area contributed by atoms with E-state index in [1.165, 1.54) is 53.2 Å². The Morgan fingerprint density at radius 2 is 1.30 bits per heavy atom. The molecule has 0 bridgehead atoms. The molecule has 0 aliphatic carbocycles. The summed E-state index contributed by atoms with van der Waals surface area (Å²) in [5, 5.41) is 8.27. The van der Waals surface area contributed by atoms with Crippen LogP contribution in [0, 0.1) is 0 Å². The Balaban J connectivity index is 1.77. The zero-order valence-electron chi connectivity index (χ0n) is 18.0. The van der Waals surface area contributed by atoms with Crippen molar-refractivity contribution in [2.45, 2.75) is 54.7 Å². The Labute approximate surface area is 182 Å². The van der Waals surface area contributed by atoms with Gasteiger partial charge in [-0.05, 0) is 72.8 Å². The van der Waals surface area contributed by atoms with Gasteiger partial charge in [-0.2, -0.15) is 0 Å². The highest BCUT2D eigenvalue weighted by Gasteiger charge is 2.37. The summed E-state index contributed by atoms with van der Waals surface area (Å²) in [6.07, 6.45) is 1.12. The Kier molecular flexibility index (Phi) is 3.66. The maximum atomic E-state index is 2.49. The molecule has 0 atom stereocenters. The lowest BCUT2D eigenvalue weighted by Crippen LogP contribution is -2.32. The summed E-state index contributed by atoms with van der Waals surface area (Å²) < 4.78 is 0. The molecule has 0 radical (unpaired) electrons. The van der Waals surface area contributed by atoms with E-state index in [9.17, 15) is 0 Å². The highest BCUT2D eigenvalue weighted by molar-refractivity contribution is 7.99. The molecular weight excluding hydrogens is 380 g/mol. The van der Waals surface area contributed by atoms with Gasteiger partial charge >= 0.3 is 0 Å². The van der Waals surface area contributed by atoms with Gasteiger partial charge < -0.3 is 0 Å². The predicted molar refractivity (Wildman–Crippen MR) is 131 cm³/mol. The van der Waals surface area contributed by atoms with Crippen LogP contribution in [0.4, 0.5) is 0 Å². The smallest absolute Gasteiger partial charge is 0.0239 e. The van der Waals surface area contributed by atoms with E-state index < -0.39 is 0 Å².